The number of rotatable bonds is 4. The second-order valence-electron chi connectivity index (χ2n) is 5.05. The van der Waals surface area contributed by atoms with E-state index in [0.29, 0.717) is 6.42 Å². The van der Waals surface area contributed by atoms with E-state index in [2.05, 4.69) is 24.2 Å². The van der Waals surface area contributed by atoms with E-state index in [9.17, 15) is 0 Å². The molecular formula is C16H19N3O. The predicted octanol–water partition coefficient (Wildman–Crippen LogP) is 2.97. The van der Waals surface area contributed by atoms with Crippen LogP contribution in [-0.4, -0.2) is 9.78 Å². The van der Waals surface area contributed by atoms with E-state index < -0.39 is 0 Å². The van der Waals surface area contributed by atoms with Crippen molar-refractivity contribution in [2.45, 2.75) is 25.8 Å². The lowest BCUT2D eigenvalue weighted by Gasteiger charge is -2.10. The predicted molar refractivity (Wildman–Crippen MR) is 79.4 cm³/mol. The van der Waals surface area contributed by atoms with Crippen LogP contribution in [0.5, 0.6) is 0 Å². The lowest BCUT2D eigenvalue weighted by Crippen LogP contribution is -2.14. The van der Waals surface area contributed by atoms with Gasteiger partial charge in [0.15, 0.2) is 0 Å². The van der Waals surface area contributed by atoms with E-state index >= 15 is 0 Å². The molecule has 0 spiro atoms. The summed E-state index contributed by atoms with van der Waals surface area (Å²) in [7, 11) is 1.96. The molecule has 1 unspecified atom stereocenters. The highest BCUT2D eigenvalue weighted by Gasteiger charge is 2.17. The number of fused-ring (bicyclic) bond motifs is 1. The van der Waals surface area contributed by atoms with Gasteiger partial charge >= 0.3 is 0 Å². The van der Waals surface area contributed by atoms with Gasteiger partial charge in [-0.3, -0.25) is 4.68 Å². The molecule has 0 radical (unpaired) electrons. The summed E-state index contributed by atoms with van der Waals surface area (Å²) < 4.78 is 7.37. The molecule has 0 aliphatic carbocycles. The average molecular weight is 269 g/mol. The number of hydrogen-bond acceptors (Lipinski definition) is 3. The first kappa shape index (κ1) is 12.9. The minimum absolute atomic E-state index is 0.0815. The quantitative estimate of drug-likeness (QED) is 0.792. The first-order valence-electron chi connectivity index (χ1n) is 6.93. The van der Waals surface area contributed by atoms with E-state index in [1.54, 1.807) is 6.26 Å². The van der Waals surface area contributed by atoms with Gasteiger partial charge in [-0.2, -0.15) is 5.10 Å². The summed E-state index contributed by atoms with van der Waals surface area (Å²) in [6, 6.07) is 10.1. The number of para-hydroxylation sites is 1. The summed E-state index contributed by atoms with van der Waals surface area (Å²) in [5, 5.41) is 5.77. The van der Waals surface area contributed by atoms with Crippen molar-refractivity contribution in [3.8, 4) is 0 Å². The molecule has 1 aromatic carbocycles. The molecule has 2 heterocycles. The second kappa shape index (κ2) is 5.13. The number of nitrogens with two attached hydrogens (primary N) is 1. The van der Waals surface area contributed by atoms with Gasteiger partial charge in [-0.25, -0.2) is 0 Å². The maximum atomic E-state index is 6.34. The van der Waals surface area contributed by atoms with Crippen molar-refractivity contribution >= 4 is 10.9 Å². The molecule has 0 fully saturated rings. The third-order valence-corrected chi connectivity index (χ3v) is 3.75. The molecule has 2 N–H and O–H groups in total. The van der Waals surface area contributed by atoms with Gasteiger partial charge in [0.25, 0.3) is 0 Å². The highest BCUT2D eigenvalue weighted by molar-refractivity contribution is 5.81. The van der Waals surface area contributed by atoms with Crippen molar-refractivity contribution in [2.24, 2.45) is 12.8 Å². The Balaban J connectivity index is 1.93. The van der Waals surface area contributed by atoms with Gasteiger partial charge in [0.1, 0.15) is 5.76 Å². The van der Waals surface area contributed by atoms with Crippen LogP contribution in [-0.2, 0) is 19.9 Å². The molecule has 1 atom stereocenters. The fraction of sp³-hybridized carbons (Fsp3) is 0.312. The number of nitrogens with zero attached hydrogens (tertiary/aromatic N) is 2. The van der Waals surface area contributed by atoms with Gasteiger partial charge in [-0.15, -0.1) is 0 Å². The van der Waals surface area contributed by atoms with Crippen molar-refractivity contribution in [1.29, 1.82) is 0 Å². The molecule has 0 amide bonds. The zero-order valence-corrected chi connectivity index (χ0v) is 11.8. The minimum atomic E-state index is -0.0815. The number of hydrogen-bond donors (Lipinski definition) is 1. The standard InChI is InChI=1S/C16H19N3O/c1-3-16-11(8-9-20-16)13(17)10-14-12-6-4-5-7-15(12)19(2)18-14/h4-9,13H,3,10,17H2,1-2H3. The Kier molecular flexibility index (Phi) is 3.32. The zero-order chi connectivity index (χ0) is 14.1. The molecule has 20 heavy (non-hydrogen) atoms. The topological polar surface area (TPSA) is 57.0 Å². The smallest absolute Gasteiger partial charge is 0.108 e. The van der Waals surface area contributed by atoms with Gasteiger partial charge < -0.3 is 10.2 Å². The van der Waals surface area contributed by atoms with E-state index in [0.717, 1.165) is 29.0 Å². The van der Waals surface area contributed by atoms with E-state index in [4.69, 9.17) is 10.2 Å². The Morgan fingerprint density at radius 3 is 2.90 bits per heavy atom. The maximum Gasteiger partial charge on any atom is 0.108 e. The summed E-state index contributed by atoms with van der Waals surface area (Å²) in [6.45, 7) is 2.07. The fourth-order valence-corrected chi connectivity index (χ4v) is 2.73. The van der Waals surface area contributed by atoms with Crippen LogP contribution >= 0.6 is 0 Å². The molecular weight excluding hydrogens is 250 g/mol. The largest absolute Gasteiger partial charge is 0.469 e. The molecule has 2 aromatic heterocycles. The zero-order valence-electron chi connectivity index (χ0n) is 11.8. The summed E-state index contributed by atoms with van der Waals surface area (Å²) >= 11 is 0. The number of aromatic nitrogens is 2. The average Bonchev–Trinajstić information content (AvgIpc) is 3.05. The van der Waals surface area contributed by atoms with Crippen LogP contribution in [0.2, 0.25) is 0 Å². The molecule has 4 nitrogen and oxygen atoms in total. The second-order valence-corrected chi connectivity index (χ2v) is 5.05. The maximum absolute atomic E-state index is 6.34. The molecule has 104 valence electrons. The molecule has 0 saturated heterocycles. The first-order chi connectivity index (χ1) is 9.70. The van der Waals surface area contributed by atoms with Gasteiger partial charge in [0, 0.05) is 36.9 Å². The van der Waals surface area contributed by atoms with Crippen LogP contribution in [0.15, 0.2) is 41.0 Å². The first-order valence-corrected chi connectivity index (χ1v) is 6.93. The van der Waals surface area contributed by atoms with Crippen molar-refractivity contribution in [3.05, 3.63) is 53.6 Å². The fourth-order valence-electron chi connectivity index (χ4n) is 2.73. The molecule has 4 heteroatoms. The lowest BCUT2D eigenvalue weighted by molar-refractivity contribution is 0.505. The normalized spacial score (nSPS) is 12.9. The van der Waals surface area contributed by atoms with Gasteiger partial charge in [-0.1, -0.05) is 25.1 Å². The number of furan rings is 1. The van der Waals surface area contributed by atoms with Gasteiger partial charge in [-0.05, 0) is 12.1 Å². The molecule has 3 aromatic rings. The Morgan fingerprint density at radius 2 is 2.10 bits per heavy atom. The van der Waals surface area contributed by atoms with Crippen molar-refractivity contribution in [1.82, 2.24) is 9.78 Å². The third-order valence-electron chi connectivity index (χ3n) is 3.75. The summed E-state index contributed by atoms with van der Waals surface area (Å²) in [5.41, 5.74) is 9.60. The van der Waals surface area contributed by atoms with Gasteiger partial charge in [0.05, 0.1) is 17.5 Å². The molecule has 0 aliphatic rings. The van der Waals surface area contributed by atoms with Crippen LogP contribution in [0.25, 0.3) is 10.9 Å². The highest BCUT2D eigenvalue weighted by atomic mass is 16.3. The van der Waals surface area contributed by atoms with Crippen LogP contribution in [0.4, 0.5) is 0 Å². The lowest BCUT2D eigenvalue weighted by atomic mass is 10.0. The Bertz CT molecular complexity index is 726. The van der Waals surface area contributed by atoms with Gasteiger partial charge in [0.2, 0.25) is 0 Å². The van der Waals surface area contributed by atoms with Crippen molar-refractivity contribution in [3.63, 3.8) is 0 Å². The van der Waals surface area contributed by atoms with Crippen LogP contribution in [0, 0.1) is 0 Å². The van der Waals surface area contributed by atoms with Crippen LogP contribution in [0.3, 0.4) is 0 Å². The Labute approximate surface area is 118 Å². The molecule has 0 aliphatic heterocycles. The Hall–Kier alpha value is -2.07. The molecule has 0 saturated carbocycles. The third kappa shape index (κ3) is 2.12. The Morgan fingerprint density at radius 1 is 1.30 bits per heavy atom. The molecule has 3 rings (SSSR count). The van der Waals surface area contributed by atoms with Crippen molar-refractivity contribution in [2.75, 3.05) is 0 Å². The number of aryl methyl sites for hydroxylation is 2. The van der Waals surface area contributed by atoms with Crippen LogP contribution in [0.1, 0.15) is 30.0 Å². The molecule has 0 bridgehead atoms. The minimum Gasteiger partial charge on any atom is -0.469 e. The van der Waals surface area contributed by atoms with Crippen LogP contribution < -0.4 is 5.73 Å². The monoisotopic (exact) mass is 269 g/mol. The summed E-state index contributed by atoms with van der Waals surface area (Å²) in [5.74, 6) is 0.970. The SMILES string of the molecule is CCc1occc1C(N)Cc1nn(C)c2ccccc12. The van der Waals surface area contributed by atoms with E-state index in [1.807, 2.05) is 29.9 Å². The van der Waals surface area contributed by atoms with E-state index in [-0.39, 0.29) is 6.04 Å². The highest BCUT2D eigenvalue weighted by Crippen LogP contribution is 2.25. The summed E-state index contributed by atoms with van der Waals surface area (Å²) in [4.78, 5) is 0. The summed E-state index contributed by atoms with van der Waals surface area (Å²) in [6.07, 6.45) is 3.29. The van der Waals surface area contributed by atoms with Crippen molar-refractivity contribution < 1.29 is 4.42 Å². The van der Waals surface area contributed by atoms with E-state index in [1.165, 1.54) is 5.39 Å². The number of benzene rings is 1.